The number of nitrogens with zero attached hydrogens (tertiary/aromatic N) is 1. The van der Waals surface area contributed by atoms with Gasteiger partial charge in [0.1, 0.15) is 5.75 Å². The molecule has 21 heavy (non-hydrogen) atoms. The van der Waals surface area contributed by atoms with Crippen LogP contribution < -0.4 is 4.74 Å². The molecule has 0 aliphatic carbocycles. The number of hydrogen-bond donors (Lipinski definition) is 1. The summed E-state index contributed by atoms with van der Waals surface area (Å²) < 4.78 is 5.58. The largest absolute Gasteiger partial charge is 0.493 e. The molecule has 0 atom stereocenters. The van der Waals surface area contributed by atoms with Gasteiger partial charge in [-0.25, -0.2) is 4.79 Å². The van der Waals surface area contributed by atoms with E-state index < -0.39 is 5.97 Å². The highest BCUT2D eigenvalue weighted by atomic mass is 35.5. The smallest absolute Gasteiger partial charge is 0.328 e. The predicted octanol–water partition coefficient (Wildman–Crippen LogP) is 2.69. The topological polar surface area (TPSA) is 66.8 Å². The van der Waals surface area contributed by atoms with E-state index in [-0.39, 0.29) is 5.91 Å². The van der Waals surface area contributed by atoms with Crippen molar-refractivity contribution in [1.82, 2.24) is 4.90 Å². The Morgan fingerprint density at radius 3 is 2.71 bits per heavy atom. The van der Waals surface area contributed by atoms with Gasteiger partial charge in [-0.1, -0.05) is 11.6 Å². The lowest BCUT2D eigenvalue weighted by atomic mass is 10.2. The molecule has 6 heteroatoms. The van der Waals surface area contributed by atoms with Crippen LogP contribution in [-0.2, 0) is 9.59 Å². The van der Waals surface area contributed by atoms with Crippen LogP contribution in [0.2, 0.25) is 5.02 Å². The number of carbonyl (C=O) groups is 2. The lowest BCUT2D eigenvalue weighted by Crippen LogP contribution is -2.21. The van der Waals surface area contributed by atoms with Crippen molar-refractivity contribution in [3.8, 4) is 5.75 Å². The number of carbonyl (C=O) groups excluding carboxylic acids is 1. The minimum atomic E-state index is -1.04. The molecule has 0 spiro atoms. The van der Waals surface area contributed by atoms with Crippen LogP contribution in [0.15, 0.2) is 24.3 Å². The zero-order valence-electron chi connectivity index (χ0n) is 12.0. The fourth-order valence-corrected chi connectivity index (χ4v) is 1.75. The first-order chi connectivity index (χ1) is 9.90. The second kappa shape index (κ2) is 8.32. The predicted molar refractivity (Wildman–Crippen MR) is 81.5 cm³/mol. The average molecular weight is 312 g/mol. The van der Waals surface area contributed by atoms with E-state index in [1.807, 2.05) is 0 Å². The highest BCUT2D eigenvalue weighted by Gasteiger charge is 2.06. The number of hydrogen-bond acceptors (Lipinski definition) is 3. The fourth-order valence-electron chi connectivity index (χ4n) is 1.57. The molecule has 0 heterocycles. The van der Waals surface area contributed by atoms with Crippen molar-refractivity contribution in [2.24, 2.45) is 0 Å². The fraction of sp³-hybridized carbons (Fsp3) is 0.333. The second-order valence-corrected chi connectivity index (χ2v) is 5.03. The van der Waals surface area contributed by atoms with E-state index in [4.69, 9.17) is 21.4 Å². The van der Waals surface area contributed by atoms with Crippen LogP contribution in [0, 0.1) is 0 Å². The Morgan fingerprint density at radius 1 is 1.38 bits per heavy atom. The molecule has 0 saturated carbocycles. The molecule has 1 aromatic carbocycles. The monoisotopic (exact) mass is 311 g/mol. The average Bonchev–Trinajstić information content (AvgIpc) is 2.42. The van der Waals surface area contributed by atoms with Crippen LogP contribution in [-0.4, -0.2) is 42.6 Å². The molecular weight excluding hydrogens is 294 g/mol. The standard InChI is InChI=1S/C15H18ClNO4/c1-17(2)14(18)4-3-9-21-13-7-6-12(16)10-11(13)5-8-15(19)20/h5-8,10H,3-4,9H2,1-2H3,(H,19,20). The van der Waals surface area contributed by atoms with Crippen LogP contribution in [0.4, 0.5) is 0 Å². The first-order valence-corrected chi connectivity index (χ1v) is 6.81. The van der Waals surface area contributed by atoms with Gasteiger partial charge in [0.2, 0.25) is 5.91 Å². The summed E-state index contributed by atoms with van der Waals surface area (Å²) >= 11 is 5.88. The molecule has 0 fully saturated rings. The zero-order chi connectivity index (χ0) is 15.8. The Balaban J connectivity index is 2.62. The Labute approximate surface area is 128 Å². The maximum Gasteiger partial charge on any atom is 0.328 e. The number of carboxylic acids is 1. The molecule has 0 unspecified atom stereocenters. The van der Waals surface area contributed by atoms with Crippen molar-refractivity contribution in [2.45, 2.75) is 12.8 Å². The molecule has 1 amide bonds. The van der Waals surface area contributed by atoms with Crippen LogP contribution in [0.1, 0.15) is 18.4 Å². The number of ether oxygens (including phenoxy) is 1. The Kier molecular flexibility index (Phi) is 6.75. The third kappa shape index (κ3) is 6.31. The van der Waals surface area contributed by atoms with Gasteiger partial charge in [-0.2, -0.15) is 0 Å². The quantitative estimate of drug-likeness (QED) is 0.621. The summed E-state index contributed by atoms with van der Waals surface area (Å²) in [6.07, 6.45) is 3.44. The van der Waals surface area contributed by atoms with Crippen molar-refractivity contribution < 1.29 is 19.4 Å². The first-order valence-electron chi connectivity index (χ1n) is 6.43. The van der Waals surface area contributed by atoms with Crippen molar-refractivity contribution in [3.63, 3.8) is 0 Å². The third-order valence-corrected chi connectivity index (χ3v) is 2.90. The van der Waals surface area contributed by atoms with Crippen molar-refractivity contribution in [1.29, 1.82) is 0 Å². The highest BCUT2D eigenvalue weighted by Crippen LogP contribution is 2.24. The first kappa shape index (κ1) is 17.0. The summed E-state index contributed by atoms with van der Waals surface area (Å²) in [6.45, 7) is 0.370. The lowest BCUT2D eigenvalue weighted by Gasteiger charge is -2.12. The molecule has 1 rings (SSSR count). The van der Waals surface area contributed by atoms with E-state index in [9.17, 15) is 9.59 Å². The third-order valence-electron chi connectivity index (χ3n) is 2.67. The van der Waals surface area contributed by atoms with E-state index in [1.54, 1.807) is 32.3 Å². The van der Waals surface area contributed by atoms with E-state index in [0.717, 1.165) is 6.08 Å². The number of aliphatic carboxylic acids is 1. The maximum absolute atomic E-state index is 11.4. The summed E-state index contributed by atoms with van der Waals surface area (Å²) in [4.78, 5) is 23.5. The molecule has 0 bridgehead atoms. The maximum atomic E-state index is 11.4. The van der Waals surface area contributed by atoms with Gasteiger partial charge < -0.3 is 14.7 Å². The van der Waals surface area contributed by atoms with E-state index in [1.165, 1.54) is 11.0 Å². The molecule has 114 valence electrons. The number of amides is 1. The number of carboxylic acid groups (broad SMARTS) is 1. The van der Waals surface area contributed by atoms with E-state index in [0.29, 0.717) is 35.8 Å². The molecule has 1 aromatic rings. The number of rotatable bonds is 7. The SMILES string of the molecule is CN(C)C(=O)CCCOc1ccc(Cl)cc1C=CC(=O)O. The summed E-state index contributed by atoms with van der Waals surface area (Å²) in [6, 6.07) is 4.97. The van der Waals surface area contributed by atoms with Gasteiger partial charge in [0.05, 0.1) is 6.61 Å². The Bertz CT molecular complexity index is 540. The van der Waals surface area contributed by atoms with E-state index >= 15 is 0 Å². The minimum Gasteiger partial charge on any atom is -0.493 e. The van der Waals surface area contributed by atoms with Gasteiger partial charge >= 0.3 is 5.97 Å². The van der Waals surface area contributed by atoms with Gasteiger partial charge in [-0.3, -0.25) is 4.79 Å². The lowest BCUT2D eigenvalue weighted by molar-refractivity contribution is -0.131. The van der Waals surface area contributed by atoms with Gasteiger partial charge in [0.15, 0.2) is 0 Å². The molecule has 5 nitrogen and oxygen atoms in total. The van der Waals surface area contributed by atoms with Crippen LogP contribution in [0.3, 0.4) is 0 Å². The molecule has 0 saturated heterocycles. The number of benzene rings is 1. The summed E-state index contributed by atoms with van der Waals surface area (Å²) in [5, 5.41) is 9.15. The van der Waals surface area contributed by atoms with E-state index in [2.05, 4.69) is 0 Å². The van der Waals surface area contributed by atoms with Crippen molar-refractivity contribution in [2.75, 3.05) is 20.7 Å². The zero-order valence-corrected chi connectivity index (χ0v) is 12.8. The Hall–Kier alpha value is -2.01. The minimum absolute atomic E-state index is 0.0423. The molecule has 0 aromatic heterocycles. The van der Waals surface area contributed by atoms with Gasteiger partial charge in [0.25, 0.3) is 0 Å². The second-order valence-electron chi connectivity index (χ2n) is 4.59. The highest BCUT2D eigenvalue weighted by molar-refractivity contribution is 6.30. The van der Waals surface area contributed by atoms with Crippen LogP contribution in [0.25, 0.3) is 6.08 Å². The summed E-state index contributed by atoms with van der Waals surface area (Å²) in [7, 11) is 3.41. The number of halogens is 1. The van der Waals surface area contributed by atoms with Gasteiger partial charge in [0, 0.05) is 37.2 Å². The van der Waals surface area contributed by atoms with Crippen molar-refractivity contribution >= 4 is 29.6 Å². The van der Waals surface area contributed by atoms with Crippen LogP contribution in [0.5, 0.6) is 5.75 Å². The molecule has 1 N–H and O–H groups in total. The van der Waals surface area contributed by atoms with Crippen molar-refractivity contribution in [3.05, 3.63) is 34.9 Å². The molecule has 0 radical (unpaired) electrons. The molecular formula is C15H18ClNO4. The normalized spacial score (nSPS) is 10.6. The molecule has 0 aliphatic rings. The van der Waals surface area contributed by atoms with Crippen LogP contribution >= 0.6 is 11.6 Å². The summed E-state index contributed by atoms with van der Waals surface area (Å²) in [5.41, 5.74) is 0.587. The molecule has 0 aliphatic heterocycles. The van der Waals surface area contributed by atoms with Gasteiger partial charge in [-0.15, -0.1) is 0 Å². The Morgan fingerprint density at radius 2 is 2.10 bits per heavy atom. The summed E-state index contributed by atoms with van der Waals surface area (Å²) in [5.74, 6) is -0.465. The van der Waals surface area contributed by atoms with Gasteiger partial charge in [-0.05, 0) is 30.7 Å².